The minimum absolute atomic E-state index is 0.194. The van der Waals surface area contributed by atoms with Gasteiger partial charge in [0.1, 0.15) is 0 Å². The van der Waals surface area contributed by atoms with E-state index in [0.717, 1.165) is 19.4 Å². The third kappa shape index (κ3) is 3.56. The first-order valence-electron chi connectivity index (χ1n) is 6.33. The maximum atomic E-state index is 11.8. The topological polar surface area (TPSA) is 67.2 Å². The number of carbonyl (C=O) groups excluding carboxylic acids is 2. The summed E-state index contributed by atoms with van der Waals surface area (Å²) in [5.41, 5.74) is 0.389. The number of halogens is 1. The van der Waals surface area contributed by atoms with Gasteiger partial charge in [-0.1, -0.05) is 0 Å². The fraction of sp³-hybridized carbons (Fsp3) is 0.583. The van der Waals surface area contributed by atoms with Crippen LogP contribution in [0.25, 0.3) is 0 Å². The van der Waals surface area contributed by atoms with Crippen LogP contribution in [0.4, 0.5) is 0 Å². The highest BCUT2D eigenvalue weighted by atomic mass is 79.9. The number of nitrogens with one attached hydrogen (secondary N) is 1. The summed E-state index contributed by atoms with van der Waals surface area (Å²) in [4.78, 5) is 25.1. The van der Waals surface area contributed by atoms with Gasteiger partial charge in [-0.3, -0.25) is 14.3 Å². The van der Waals surface area contributed by atoms with Crippen molar-refractivity contribution in [2.24, 2.45) is 7.05 Å². The van der Waals surface area contributed by atoms with E-state index < -0.39 is 0 Å². The molecule has 1 fully saturated rings. The van der Waals surface area contributed by atoms with E-state index in [4.69, 9.17) is 0 Å². The Morgan fingerprint density at radius 2 is 2.37 bits per heavy atom. The van der Waals surface area contributed by atoms with Crippen molar-refractivity contribution < 1.29 is 9.59 Å². The second-order valence-corrected chi connectivity index (χ2v) is 5.45. The van der Waals surface area contributed by atoms with Crippen LogP contribution < -0.4 is 5.32 Å². The van der Waals surface area contributed by atoms with Crippen LogP contribution in [0.2, 0.25) is 0 Å². The van der Waals surface area contributed by atoms with E-state index in [2.05, 4.69) is 26.3 Å². The Morgan fingerprint density at radius 3 is 2.95 bits per heavy atom. The normalized spacial score (nSPS) is 15.1. The summed E-state index contributed by atoms with van der Waals surface area (Å²) in [6, 6.07) is 0. The molecule has 1 saturated heterocycles. The average Bonchev–Trinajstić information content (AvgIpc) is 2.91. The fourth-order valence-electron chi connectivity index (χ4n) is 2.11. The Bertz CT molecular complexity index is 486. The minimum atomic E-state index is -0.194. The van der Waals surface area contributed by atoms with Gasteiger partial charge in [-0.05, 0) is 28.8 Å². The Balaban J connectivity index is 1.72. The second kappa shape index (κ2) is 6.18. The summed E-state index contributed by atoms with van der Waals surface area (Å²) >= 11 is 3.29. The van der Waals surface area contributed by atoms with Crippen molar-refractivity contribution in [3.05, 3.63) is 16.4 Å². The number of likely N-dealkylation sites (tertiary alicyclic amines) is 1. The molecule has 0 spiro atoms. The van der Waals surface area contributed by atoms with Crippen LogP contribution in [0.1, 0.15) is 29.8 Å². The molecule has 0 bridgehead atoms. The zero-order valence-electron chi connectivity index (χ0n) is 10.9. The molecule has 1 aromatic heterocycles. The van der Waals surface area contributed by atoms with E-state index in [1.54, 1.807) is 17.9 Å². The summed E-state index contributed by atoms with van der Waals surface area (Å²) in [7, 11) is 1.76. The van der Waals surface area contributed by atoms with E-state index in [1.807, 2.05) is 4.90 Å². The van der Waals surface area contributed by atoms with Crippen LogP contribution in [0.3, 0.4) is 0 Å². The third-order valence-corrected chi connectivity index (χ3v) is 3.64. The number of nitrogens with zero attached hydrogens (tertiary/aromatic N) is 3. The predicted molar refractivity (Wildman–Crippen MR) is 73.7 cm³/mol. The second-order valence-electron chi connectivity index (χ2n) is 4.59. The Kier molecular flexibility index (Phi) is 4.57. The lowest BCUT2D eigenvalue weighted by atomic mass is 10.3. The molecule has 7 heteroatoms. The smallest absolute Gasteiger partial charge is 0.272 e. The van der Waals surface area contributed by atoms with Crippen molar-refractivity contribution in [2.75, 3.05) is 19.6 Å². The molecule has 1 aliphatic heterocycles. The number of carbonyl (C=O) groups is 2. The molecule has 0 unspecified atom stereocenters. The first kappa shape index (κ1) is 14.0. The molecule has 2 heterocycles. The van der Waals surface area contributed by atoms with Crippen LogP contribution in [-0.4, -0.2) is 46.1 Å². The van der Waals surface area contributed by atoms with Crippen LogP contribution in [-0.2, 0) is 11.8 Å². The molecule has 0 aliphatic carbocycles. The summed E-state index contributed by atoms with van der Waals surface area (Å²) < 4.78 is 2.27. The quantitative estimate of drug-likeness (QED) is 0.817. The maximum absolute atomic E-state index is 11.8. The Hall–Kier alpha value is -1.37. The van der Waals surface area contributed by atoms with Crippen molar-refractivity contribution in [2.45, 2.75) is 19.3 Å². The zero-order valence-corrected chi connectivity index (χ0v) is 12.4. The molecule has 0 saturated carbocycles. The zero-order chi connectivity index (χ0) is 13.8. The number of aromatic nitrogens is 2. The van der Waals surface area contributed by atoms with Gasteiger partial charge >= 0.3 is 0 Å². The number of rotatable bonds is 5. The van der Waals surface area contributed by atoms with Gasteiger partial charge in [0.15, 0.2) is 5.69 Å². The number of hydrogen-bond donors (Lipinski definition) is 1. The van der Waals surface area contributed by atoms with E-state index in [-0.39, 0.29) is 11.8 Å². The summed E-state index contributed by atoms with van der Waals surface area (Å²) in [5, 5.41) is 6.88. The van der Waals surface area contributed by atoms with Crippen molar-refractivity contribution in [3.8, 4) is 0 Å². The van der Waals surface area contributed by atoms with Crippen LogP contribution in [0, 0.1) is 0 Å². The molecule has 19 heavy (non-hydrogen) atoms. The van der Waals surface area contributed by atoms with E-state index in [1.165, 1.54) is 0 Å². The molecule has 104 valence electrons. The molecule has 1 N–H and O–H groups in total. The molecular formula is C12H17BrN4O2. The monoisotopic (exact) mass is 328 g/mol. The lowest BCUT2D eigenvalue weighted by Crippen LogP contribution is -2.31. The SMILES string of the molecule is Cn1cc(Br)c(C(=O)NCCCN2CCCC2=O)n1. The molecule has 0 radical (unpaired) electrons. The van der Waals surface area contributed by atoms with E-state index in [9.17, 15) is 9.59 Å². The average molecular weight is 329 g/mol. The summed E-state index contributed by atoms with van der Waals surface area (Å²) in [6.07, 6.45) is 4.11. The number of amides is 2. The molecule has 2 amide bonds. The van der Waals surface area contributed by atoms with Crippen molar-refractivity contribution in [3.63, 3.8) is 0 Å². The first-order valence-corrected chi connectivity index (χ1v) is 7.12. The minimum Gasteiger partial charge on any atom is -0.351 e. The lowest BCUT2D eigenvalue weighted by molar-refractivity contribution is -0.127. The fourth-order valence-corrected chi connectivity index (χ4v) is 2.67. The largest absolute Gasteiger partial charge is 0.351 e. The van der Waals surface area contributed by atoms with Gasteiger partial charge in [-0.2, -0.15) is 5.10 Å². The first-order chi connectivity index (χ1) is 9.08. The van der Waals surface area contributed by atoms with Gasteiger partial charge < -0.3 is 10.2 Å². The standard InChI is InChI=1S/C12H17BrN4O2/c1-16-8-9(13)11(15-16)12(19)14-5-3-7-17-6-2-4-10(17)18/h8H,2-7H2,1H3,(H,14,19). The van der Waals surface area contributed by atoms with Crippen molar-refractivity contribution >= 4 is 27.7 Å². The van der Waals surface area contributed by atoms with E-state index >= 15 is 0 Å². The molecule has 2 rings (SSSR count). The molecule has 1 aromatic rings. The Labute approximate surface area is 120 Å². The summed E-state index contributed by atoms with van der Waals surface area (Å²) in [5.74, 6) is 0.0269. The summed E-state index contributed by atoms with van der Waals surface area (Å²) in [6.45, 7) is 2.10. The van der Waals surface area contributed by atoms with Gasteiger partial charge in [-0.15, -0.1) is 0 Å². The van der Waals surface area contributed by atoms with Crippen molar-refractivity contribution in [1.82, 2.24) is 20.0 Å². The van der Waals surface area contributed by atoms with Gasteiger partial charge in [-0.25, -0.2) is 0 Å². The molecule has 6 nitrogen and oxygen atoms in total. The van der Waals surface area contributed by atoms with Gasteiger partial charge in [0, 0.05) is 39.3 Å². The van der Waals surface area contributed by atoms with Crippen LogP contribution >= 0.6 is 15.9 Å². The van der Waals surface area contributed by atoms with Crippen LogP contribution in [0.15, 0.2) is 10.7 Å². The third-order valence-electron chi connectivity index (χ3n) is 3.06. The molecule has 1 aliphatic rings. The van der Waals surface area contributed by atoms with Crippen LogP contribution in [0.5, 0.6) is 0 Å². The Morgan fingerprint density at radius 1 is 1.58 bits per heavy atom. The lowest BCUT2D eigenvalue weighted by Gasteiger charge is -2.15. The van der Waals surface area contributed by atoms with E-state index in [0.29, 0.717) is 29.7 Å². The van der Waals surface area contributed by atoms with Gasteiger partial charge in [0.25, 0.3) is 5.91 Å². The van der Waals surface area contributed by atoms with Gasteiger partial charge in [0.2, 0.25) is 5.91 Å². The predicted octanol–water partition coefficient (Wildman–Crippen LogP) is 0.925. The molecule has 0 aromatic carbocycles. The number of aryl methyl sites for hydroxylation is 1. The number of hydrogen-bond acceptors (Lipinski definition) is 3. The van der Waals surface area contributed by atoms with Crippen molar-refractivity contribution in [1.29, 1.82) is 0 Å². The molecule has 0 atom stereocenters. The highest BCUT2D eigenvalue weighted by Crippen LogP contribution is 2.14. The highest BCUT2D eigenvalue weighted by Gasteiger charge is 2.19. The maximum Gasteiger partial charge on any atom is 0.272 e. The highest BCUT2D eigenvalue weighted by molar-refractivity contribution is 9.10. The van der Waals surface area contributed by atoms with Gasteiger partial charge in [0.05, 0.1) is 4.47 Å². The molecular weight excluding hydrogens is 312 g/mol.